The van der Waals surface area contributed by atoms with Crippen molar-refractivity contribution < 1.29 is 9.59 Å². The number of unbranched alkanes of at least 4 members (excludes halogenated alkanes) is 32. The SMILES string of the molecule is C=CC.CCCCCCCCCCCCCCCCCCCC(N)=O.CCCCCCCCCCCCCCCCCCCC(N)=O. The molecule has 0 heterocycles. The van der Waals surface area contributed by atoms with Crippen LogP contribution in [0.5, 0.6) is 0 Å². The monoisotopic (exact) mass is 665 g/mol. The van der Waals surface area contributed by atoms with Crippen LogP contribution in [0.15, 0.2) is 12.7 Å². The third-order valence-electron chi connectivity index (χ3n) is 9.05. The Bertz CT molecular complexity index is 544. The van der Waals surface area contributed by atoms with E-state index in [1.807, 2.05) is 6.92 Å². The van der Waals surface area contributed by atoms with Gasteiger partial charge in [-0.25, -0.2) is 0 Å². The molecule has 4 heteroatoms. The summed E-state index contributed by atoms with van der Waals surface area (Å²) in [7, 11) is 0. The molecule has 0 aliphatic heterocycles. The molecule has 0 bridgehead atoms. The molecule has 0 aliphatic rings. The molecule has 4 nitrogen and oxygen atoms in total. The van der Waals surface area contributed by atoms with Crippen molar-refractivity contribution in [1.29, 1.82) is 0 Å². The standard InChI is InChI=1S/2C20H41NO.C3H6/c2*1-2-3-4-5-6-7-8-9-10-11-12-13-14-15-16-17-18-19-20(21)22;1-3-2/h2*2-19H2,1H3,(H2,21,22);3H,1H2,2H3. The summed E-state index contributed by atoms with van der Waals surface area (Å²) >= 11 is 0. The first-order valence-corrected chi connectivity index (χ1v) is 21.1. The number of rotatable bonds is 36. The first-order chi connectivity index (χ1) is 23.0. The maximum atomic E-state index is 10.6. The lowest BCUT2D eigenvalue weighted by atomic mass is 10.0. The fourth-order valence-corrected chi connectivity index (χ4v) is 6.05. The maximum Gasteiger partial charge on any atom is 0.217 e. The molecule has 282 valence electrons. The molecule has 0 fully saturated rings. The van der Waals surface area contributed by atoms with Crippen LogP contribution < -0.4 is 11.5 Å². The van der Waals surface area contributed by atoms with Crippen LogP contribution in [-0.2, 0) is 9.59 Å². The van der Waals surface area contributed by atoms with Crippen molar-refractivity contribution in [3.05, 3.63) is 12.7 Å². The van der Waals surface area contributed by atoms with Gasteiger partial charge in [0.05, 0.1) is 0 Å². The Labute approximate surface area is 296 Å². The van der Waals surface area contributed by atoms with Crippen LogP contribution in [0.2, 0.25) is 0 Å². The number of amides is 2. The number of carbonyl (C=O) groups is 2. The zero-order valence-electron chi connectivity index (χ0n) is 32.7. The largest absolute Gasteiger partial charge is 0.370 e. The van der Waals surface area contributed by atoms with E-state index >= 15 is 0 Å². The Morgan fingerprint density at radius 1 is 0.362 bits per heavy atom. The van der Waals surface area contributed by atoms with E-state index in [4.69, 9.17) is 11.5 Å². The highest BCUT2D eigenvalue weighted by atomic mass is 16.1. The van der Waals surface area contributed by atoms with Crippen LogP contribution >= 0.6 is 0 Å². The first kappa shape index (κ1) is 50.1. The van der Waals surface area contributed by atoms with Crippen LogP contribution in [0.1, 0.15) is 252 Å². The topological polar surface area (TPSA) is 86.2 Å². The van der Waals surface area contributed by atoms with E-state index in [9.17, 15) is 9.59 Å². The van der Waals surface area contributed by atoms with Crippen molar-refractivity contribution in [2.45, 2.75) is 252 Å². The fourth-order valence-electron chi connectivity index (χ4n) is 6.05. The predicted octanol–water partition coefficient (Wildman–Crippen LogP) is 14.2. The molecular weight excluding hydrogens is 576 g/mol. The fraction of sp³-hybridized carbons (Fsp3) is 0.907. The van der Waals surface area contributed by atoms with Crippen molar-refractivity contribution in [1.82, 2.24) is 0 Å². The first-order valence-electron chi connectivity index (χ1n) is 21.1. The minimum Gasteiger partial charge on any atom is -0.370 e. The van der Waals surface area contributed by atoms with Gasteiger partial charge in [0.25, 0.3) is 0 Å². The van der Waals surface area contributed by atoms with Gasteiger partial charge in [-0.3, -0.25) is 9.59 Å². The third-order valence-corrected chi connectivity index (χ3v) is 9.05. The van der Waals surface area contributed by atoms with Crippen molar-refractivity contribution in [2.24, 2.45) is 11.5 Å². The number of carbonyl (C=O) groups excluding carboxylic acids is 2. The van der Waals surface area contributed by atoms with E-state index in [2.05, 4.69) is 20.4 Å². The van der Waals surface area contributed by atoms with Gasteiger partial charge in [-0.15, -0.1) is 6.58 Å². The molecule has 0 aromatic rings. The molecule has 0 aromatic carbocycles. The van der Waals surface area contributed by atoms with Crippen molar-refractivity contribution >= 4 is 11.8 Å². The summed E-state index contributed by atoms with van der Waals surface area (Å²) in [5.74, 6) is -0.304. The second-order valence-corrected chi connectivity index (χ2v) is 14.2. The van der Waals surface area contributed by atoms with E-state index in [1.54, 1.807) is 6.08 Å². The lowest BCUT2D eigenvalue weighted by Crippen LogP contribution is -2.09. The second kappa shape index (κ2) is 49.1. The van der Waals surface area contributed by atoms with E-state index in [0.717, 1.165) is 12.8 Å². The molecule has 0 saturated heterocycles. The average Bonchev–Trinajstić information content (AvgIpc) is 3.04. The number of hydrogen-bond donors (Lipinski definition) is 2. The molecule has 0 atom stereocenters. The van der Waals surface area contributed by atoms with Gasteiger partial charge >= 0.3 is 0 Å². The lowest BCUT2D eigenvalue weighted by molar-refractivity contribution is -0.119. The Balaban J connectivity index is -0.000000759. The molecular formula is C43H88N2O2. The van der Waals surface area contributed by atoms with Crippen LogP contribution in [0.4, 0.5) is 0 Å². The normalized spacial score (nSPS) is 10.5. The van der Waals surface area contributed by atoms with Crippen molar-refractivity contribution in [3.8, 4) is 0 Å². The van der Waals surface area contributed by atoms with Crippen LogP contribution in [-0.4, -0.2) is 11.8 Å². The Kier molecular flexibility index (Phi) is 52.3. The van der Waals surface area contributed by atoms with Crippen molar-refractivity contribution in [2.75, 3.05) is 0 Å². The van der Waals surface area contributed by atoms with Gasteiger partial charge < -0.3 is 11.5 Å². The van der Waals surface area contributed by atoms with E-state index in [1.165, 1.54) is 205 Å². The molecule has 0 rings (SSSR count). The van der Waals surface area contributed by atoms with E-state index < -0.39 is 0 Å². The van der Waals surface area contributed by atoms with E-state index in [-0.39, 0.29) is 11.8 Å². The summed E-state index contributed by atoms with van der Waals surface area (Å²) < 4.78 is 0. The Morgan fingerprint density at radius 3 is 0.617 bits per heavy atom. The summed E-state index contributed by atoms with van der Waals surface area (Å²) in [4.78, 5) is 21.2. The quantitative estimate of drug-likeness (QED) is 0.0516. The second-order valence-electron chi connectivity index (χ2n) is 14.2. The molecule has 0 aromatic heterocycles. The van der Waals surface area contributed by atoms with Crippen LogP contribution in [0, 0.1) is 0 Å². The molecule has 0 unspecified atom stereocenters. The summed E-state index contributed by atoms with van der Waals surface area (Å²) in [6.45, 7) is 9.81. The maximum absolute atomic E-state index is 10.6. The van der Waals surface area contributed by atoms with Crippen LogP contribution in [0.25, 0.3) is 0 Å². The van der Waals surface area contributed by atoms with Gasteiger partial charge in [0.1, 0.15) is 0 Å². The average molecular weight is 665 g/mol. The number of nitrogens with two attached hydrogens (primary N) is 2. The highest BCUT2D eigenvalue weighted by Gasteiger charge is 1.98. The molecule has 4 N–H and O–H groups in total. The van der Waals surface area contributed by atoms with Gasteiger partial charge in [-0.1, -0.05) is 225 Å². The zero-order valence-corrected chi connectivity index (χ0v) is 32.7. The summed E-state index contributed by atoms with van der Waals surface area (Å²) in [6.07, 6.45) is 49.4. The Hall–Kier alpha value is -1.32. The number of allylic oxidation sites excluding steroid dienone is 1. The van der Waals surface area contributed by atoms with Gasteiger partial charge in [0.15, 0.2) is 0 Å². The smallest absolute Gasteiger partial charge is 0.217 e. The molecule has 0 spiro atoms. The molecule has 0 saturated carbocycles. The van der Waals surface area contributed by atoms with Gasteiger partial charge in [-0.05, 0) is 19.8 Å². The molecule has 0 radical (unpaired) electrons. The highest BCUT2D eigenvalue weighted by Crippen LogP contribution is 2.15. The minimum atomic E-state index is -0.152. The highest BCUT2D eigenvalue weighted by molar-refractivity contribution is 5.73. The summed E-state index contributed by atoms with van der Waals surface area (Å²) in [5.41, 5.74) is 10.2. The van der Waals surface area contributed by atoms with Crippen LogP contribution in [0.3, 0.4) is 0 Å². The minimum absolute atomic E-state index is 0.152. The summed E-state index contributed by atoms with van der Waals surface area (Å²) in [6, 6.07) is 0. The molecule has 2 amide bonds. The summed E-state index contributed by atoms with van der Waals surface area (Å²) in [5, 5.41) is 0. The third kappa shape index (κ3) is 60.5. The van der Waals surface area contributed by atoms with Crippen molar-refractivity contribution in [3.63, 3.8) is 0 Å². The van der Waals surface area contributed by atoms with Gasteiger partial charge in [-0.2, -0.15) is 0 Å². The van der Waals surface area contributed by atoms with E-state index in [0.29, 0.717) is 12.8 Å². The number of hydrogen-bond acceptors (Lipinski definition) is 2. The number of primary amides is 2. The molecule has 47 heavy (non-hydrogen) atoms. The van der Waals surface area contributed by atoms with Gasteiger partial charge in [0, 0.05) is 12.8 Å². The predicted molar refractivity (Wildman–Crippen MR) is 212 cm³/mol. The Morgan fingerprint density at radius 2 is 0.489 bits per heavy atom. The molecule has 0 aliphatic carbocycles. The zero-order chi connectivity index (χ0) is 35.3. The van der Waals surface area contributed by atoms with Gasteiger partial charge in [0.2, 0.25) is 11.8 Å². The lowest BCUT2D eigenvalue weighted by Gasteiger charge is -2.03.